The van der Waals surface area contributed by atoms with Crippen molar-refractivity contribution in [3.8, 4) is 23.1 Å². The Morgan fingerprint density at radius 1 is 1.00 bits per heavy atom. The van der Waals surface area contributed by atoms with Crippen molar-refractivity contribution in [2.45, 2.75) is 0 Å². The zero-order valence-electron chi connectivity index (χ0n) is 17.7. The summed E-state index contributed by atoms with van der Waals surface area (Å²) < 4.78 is 39.6. The maximum absolute atomic E-state index is 14.5. The first-order valence-electron chi connectivity index (χ1n) is 10.1. The molecule has 33 heavy (non-hydrogen) atoms. The number of carbonyl (C=O) groups is 1. The quantitative estimate of drug-likeness (QED) is 0.400. The molecule has 0 fully saturated rings. The van der Waals surface area contributed by atoms with Crippen molar-refractivity contribution in [2.24, 2.45) is 0 Å². The fraction of sp³-hybridized carbons (Fsp3) is 0.125. The van der Waals surface area contributed by atoms with Crippen molar-refractivity contribution < 1.29 is 23.0 Å². The highest BCUT2D eigenvalue weighted by molar-refractivity contribution is 6.04. The van der Waals surface area contributed by atoms with Gasteiger partial charge in [0.15, 0.2) is 5.82 Å². The summed E-state index contributed by atoms with van der Waals surface area (Å²) in [4.78, 5) is 16.9. The number of amides is 1. The minimum atomic E-state index is -0.463. The smallest absolute Gasteiger partial charge is 0.336 e. The van der Waals surface area contributed by atoms with E-state index in [1.54, 1.807) is 49.6 Å². The molecule has 0 aliphatic rings. The molecule has 0 saturated carbocycles. The number of ether oxygens (including phenoxy) is 2. The van der Waals surface area contributed by atoms with Gasteiger partial charge in [-0.3, -0.25) is 4.79 Å². The van der Waals surface area contributed by atoms with E-state index in [4.69, 9.17) is 9.47 Å². The summed E-state index contributed by atoms with van der Waals surface area (Å²) in [5, 5.41) is 7.13. The van der Waals surface area contributed by atoms with Crippen LogP contribution in [0.1, 0.15) is 10.4 Å². The highest BCUT2D eigenvalue weighted by Gasteiger charge is 2.18. The zero-order valence-corrected chi connectivity index (χ0v) is 17.7. The summed E-state index contributed by atoms with van der Waals surface area (Å²) in [5.74, 6) is -1.05. The molecule has 1 aromatic heterocycles. The molecule has 0 atom stereocenters. The number of hydrogen-bond donors (Lipinski definition) is 1. The molecule has 4 rings (SSSR count). The second kappa shape index (κ2) is 10.0. The Hall–Kier alpha value is -4.11. The molecule has 1 heterocycles. The Bertz CT molecular complexity index is 1260. The predicted molar refractivity (Wildman–Crippen MR) is 118 cm³/mol. The van der Waals surface area contributed by atoms with Crippen LogP contribution in [0.2, 0.25) is 0 Å². The Labute approximate surface area is 188 Å². The standard InChI is InChI=1S/C24H20F2N4O3/c1-32-13-14-33-24-28-22(20-7-2-3-8-21(20)26)30(29-24)19-6-4-5-18(15-19)27-23(31)16-9-11-17(25)12-10-16/h2-12,15H,13-14H2,1H3,(H,27,31). The first kappa shape index (κ1) is 22.1. The number of halogens is 2. The van der Waals surface area contributed by atoms with Crippen LogP contribution in [0.15, 0.2) is 72.8 Å². The van der Waals surface area contributed by atoms with Crippen LogP contribution in [0.25, 0.3) is 17.1 Å². The molecule has 0 unspecified atom stereocenters. The summed E-state index contributed by atoms with van der Waals surface area (Å²) >= 11 is 0. The average molecular weight is 450 g/mol. The van der Waals surface area contributed by atoms with Crippen LogP contribution >= 0.6 is 0 Å². The molecular weight excluding hydrogens is 430 g/mol. The lowest BCUT2D eigenvalue weighted by molar-refractivity contribution is 0.102. The Morgan fingerprint density at radius 2 is 1.79 bits per heavy atom. The van der Waals surface area contributed by atoms with Gasteiger partial charge in [-0.1, -0.05) is 18.2 Å². The van der Waals surface area contributed by atoms with E-state index in [0.717, 1.165) is 0 Å². The van der Waals surface area contributed by atoms with Gasteiger partial charge in [-0.05, 0) is 54.6 Å². The van der Waals surface area contributed by atoms with E-state index in [-0.39, 0.29) is 24.0 Å². The van der Waals surface area contributed by atoms with Crippen LogP contribution in [0, 0.1) is 11.6 Å². The fourth-order valence-electron chi connectivity index (χ4n) is 3.09. The molecule has 0 saturated heterocycles. The minimum absolute atomic E-state index is 0.0612. The van der Waals surface area contributed by atoms with E-state index in [1.165, 1.54) is 35.0 Å². The van der Waals surface area contributed by atoms with Crippen molar-refractivity contribution in [3.05, 3.63) is 90.0 Å². The number of nitrogens with zero attached hydrogens (tertiary/aromatic N) is 3. The Balaban J connectivity index is 1.67. The van der Waals surface area contributed by atoms with Crippen molar-refractivity contribution in [1.29, 1.82) is 0 Å². The average Bonchev–Trinajstić information content (AvgIpc) is 3.24. The molecule has 7 nitrogen and oxygen atoms in total. The van der Waals surface area contributed by atoms with Gasteiger partial charge in [0.25, 0.3) is 5.91 Å². The summed E-state index contributed by atoms with van der Waals surface area (Å²) in [6, 6.07) is 18.3. The topological polar surface area (TPSA) is 78.3 Å². The first-order valence-corrected chi connectivity index (χ1v) is 10.1. The van der Waals surface area contributed by atoms with E-state index in [9.17, 15) is 13.6 Å². The number of anilines is 1. The number of methoxy groups -OCH3 is 1. The highest BCUT2D eigenvalue weighted by atomic mass is 19.1. The summed E-state index contributed by atoms with van der Waals surface area (Å²) in [7, 11) is 1.55. The maximum atomic E-state index is 14.5. The van der Waals surface area contributed by atoms with Crippen molar-refractivity contribution in [2.75, 3.05) is 25.6 Å². The second-order valence-corrected chi connectivity index (χ2v) is 6.96. The van der Waals surface area contributed by atoms with Gasteiger partial charge >= 0.3 is 6.01 Å². The molecule has 0 bridgehead atoms. The normalized spacial score (nSPS) is 10.8. The number of rotatable bonds is 8. The number of aromatic nitrogens is 3. The Kier molecular flexibility index (Phi) is 6.70. The second-order valence-electron chi connectivity index (χ2n) is 6.96. The lowest BCUT2D eigenvalue weighted by atomic mass is 10.2. The summed E-state index contributed by atoms with van der Waals surface area (Å²) in [6.45, 7) is 0.569. The van der Waals surface area contributed by atoms with Gasteiger partial charge in [-0.2, -0.15) is 4.98 Å². The third kappa shape index (κ3) is 5.21. The van der Waals surface area contributed by atoms with Crippen molar-refractivity contribution >= 4 is 11.6 Å². The molecule has 168 valence electrons. The van der Waals surface area contributed by atoms with E-state index in [0.29, 0.717) is 23.5 Å². The van der Waals surface area contributed by atoms with Gasteiger partial charge < -0.3 is 14.8 Å². The van der Waals surface area contributed by atoms with E-state index >= 15 is 0 Å². The number of nitrogens with one attached hydrogen (secondary N) is 1. The lowest BCUT2D eigenvalue weighted by Crippen LogP contribution is -2.12. The molecule has 0 aliphatic carbocycles. The predicted octanol–water partition coefficient (Wildman–Crippen LogP) is 4.49. The number of carbonyl (C=O) groups excluding carboxylic acids is 1. The molecule has 1 N–H and O–H groups in total. The van der Waals surface area contributed by atoms with Crippen LogP contribution < -0.4 is 10.1 Å². The minimum Gasteiger partial charge on any atom is -0.460 e. The first-order chi connectivity index (χ1) is 16.0. The molecule has 4 aromatic rings. The van der Waals surface area contributed by atoms with Gasteiger partial charge in [0.1, 0.15) is 18.2 Å². The van der Waals surface area contributed by atoms with Gasteiger partial charge in [-0.15, -0.1) is 5.10 Å². The van der Waals surface area contributed by atoms with E-state index < -0.39 is 17.5 Å². The number of hydrogen-bond acceptors (Lipinski definition) is 5. The van der Waals surface area contributed by atoms with E-state index in [1.807, 2.05) is 0 Å². The maximum Gasteiger partial charge on any atom is 0.336 e. The molecule has 3 aromatic carbocycles. The van der Waals surface area contributed by atoms with Crippen molar-refractivity contribution in [3.63, 3.8) is 0 Å². The summed E-state index contributed by atoms with van der Waals surface area (Å²) in [5.41, 5.74) is 1.55. The van der Waals surface area contributed by atoms with Crippen LogP contribution in [0.3, 0.4) is 0 Å². The molecule has 1 amide bonds. The highest BCUT2D eigenvalue weighted by Crippen LogP contribution is 2.27. The SMILES string of the molecule is COCCOc1nc(-c2ccccc2F)n(-c2cccc(NC(=O)c3ccc(F)cc3)c2)n1. The van der Waals surface area contributed by atoms with Crippen LogP contribution in [-0.2, 0) is 4.74 Å². The zero-order chi connectivity index (χ0) is 23.2. The fourth-order valence-corrected chi connectivity index (χ4v) is 3.09. The third-order valence-corrected chi connectivity index (χ3v) is 4.68. The van der Waals surface area contributed by atoms with Crippen LogP contribution in [0.5, 0.6) is 6.01 Å². The molecule has 0 spiro atoms. The van der Waals surface area contributed by atoms with Crippen LogP contribution in [0.4, 0.5) is 14.5 Å². The van der Waals surface area contributed by atoms with Gasteiger partial charge in [-0.25, -0.2) is 13.5 Å². The molecule has 0 aliphatic heterocycles. The largest absolute Gasteiger partial charge is 0.460 e. The monoisotopic (exact) mass is 450 g/mol. The Morgan fingerprint density at radius 3 is 2.55 bits per heavy atom. The number of benzene rings is 3. The molecular formula is C24H20F2N4O3. The van der Waals surface area contributed by atoms with Crippen molar-refractivity contribution in [1.82, 2.24) is 14.8 Å². The van der Waals surface area contributed by atoms with Gasteiger partial charge in [0, 0.05) is 18.4 Å². The van der Waals surface area contributed by atoms with Gasteiger partial charge in [0.05, 0.1) is 17.9 Å². The lowest BCUT2D eigenvalue weighted by Gasteiger charge is -2.10. The molecule has 9 heteroatoms. The van der Waals surface area contributed by atoms with E-state index in [2.05, 4.69) is 15.4 Å². The van der Waals surface area contributed by atoms with Gasteiger partial charge in [0.2, 0.25) is 0 Å². The third-order valence-electron chi connectivity index (χ3n) is 4.68. The summed E-state index contributed by atoms with van der Waals surface area (Å²) in [6.07, 6.45) is 0. The molecule has 0 radical (unpaired) electrons. The van der Waals surface area contributed by atoms with Crippen LogP contribution in [-0.4, -0.2) is 41.0 Å².